The van der Waals surface area contributed by atoms with Gasteiger partial charge in [0, 0.05) is 13.1 Å². The normalized spacial score (nSPS) is 11.6. The predicted octanol–water partition coefficient (Wildman–Crippen LogP) is 1.05. The molecule has 0 bridgehead atoms. The maximum absolute atomic E-state index is 8.84. The molecule has 1 unspecified atom stereocenters. The molecule has 92 valence electrons. The molecule has 1 rings (SSSR count). The molecule has 0 aliphatic carbocycles. The second kappa shape index (κ2) is 5.89. The minimum atomic E-state index is -0.0872. The van der Waals surface area contributed by atoms with E-state index in [9.17, 15) is 0 Å². The van der Waals surface area contributed by atoms with Crippen LogP contribution in [-0.2, 0) is 0 Å². The number of hydrogen-bond donors (Lipinski definition) is 1. The van der Waals surface area contributed by atoms with Crippen molar-refractivity contribution in [3.8, 4) is 11.8 Å². The molecule has 1 atom stereocenters. The van der Waals surface area contributed by atoms with Crippen molar-refractivity contribution in [2.24, 2.45) is 5.92 Å². The van der Waals surface area contributed by atoms with Crippen LogP contribution in [0.4, 0.5) is 11.6 Å². The molecule has 0 saturated heterocycles. The Kier molecular flexibility index (Phi) is 4.52. The van der Waals surface area contributed by atoms with Crippen molar-refractivity contribution in [2.45, 2.75) is 13.8 Å². The highest BCUT2D eigenvalue weighted by Gasteiger charge is 2.17. The van der Waals surface area contributed by atoms with Gasteiger partial charge >= 0.3 is 0 Å². The number of aromatic nitrogens is 2. The van der Waals surface area contributed by atoms with E-state index in [0.717, 1.165) is 6.54 Å². The molecule has 0 spiro atoms. The Labute approximate surface area is 101 Å². The SMILES string of the molecule is CCN(CC(C)C#N)c1ncnc(N)c1OC. The lowest BCUT2D eigenvalue weighted by molar-refractivity contribution is 0.412. The van der Waals surface area contributed by atoms with Crippen molar-refractivity contribution in [2.75, 3.05) is 30.8 Å². The van der Waals surface area contributed by atoms with Crippen LogP contribution in [-0.4, -0.2) is 30.2 Å². The minimum Gasteiger partial charge on any atom is -0.490 e. The van der Waals surface area contributed by atoms with Gasteiger partial charge in [-0.3, -0.25) is 0 Å². The fourth-order valence-electron chi connectivity index (χ4n) is 1.54. The molecule has 1 aromatic rings. The van der Waals surface area contributed by atoms with Crippen molar-refractivity contribution in [3.63, 3.8) is 0 Å². The number of anilines is 2. The van der Waals surface area contributed by atoms with Crippen LogP contribution in [0.25, 0.3) is 0 Å². The summed E-state index contributed by atoms with van der Waals surface area (Å²) in [6, 6.07) is 2.19. The van der Waals surface area contributed by atoms with Gasteiger partial charge < -0.3 is 15.4 Å². The lowest BCUT2D eigenvalue weighted by Gasteiger charge is -2.24. The van der Waals surface area contributed by atoms with Crippen molar-refractivity contribution in [1.29, 1.82) is 5.26 Å². The molecule has 1 aromatic heterocycles. The van der Waals surface area contributed by atoms with E-state index in [1.54, 1.807) is 0 Å². The van der Waals surface area contributed by atoms with E-state index in [-0.39, 0.29) is 5.92 Å². The highest BCUT2D eigenvalue weighted by Crippen LogP contribution is 2.29. The highest BCUT2D eigenvalue weighted by atomic mass is 16.5. The van der Waals surface area contributed by atoms with Gasteiger partial charge in [0.05, 0.1) is 19.1 Å². The molecule has 17 heavy (non-hydrogen) atoms. The largest absolute Gasteiger partial charge is 0.490 e. The first kappa shape index (κ1) is 13.0. The summed E-state index contributed by atoms with van der Waals surface area (Å²) in [5.74, 6) is 1.31. The van der Waals surface area contributed by atoms with Crippen LogP contribution >= 0.6 is 0 Å². The van der Waals surface area contributed by atoms with E-state index in [1.807, 2.05) is 18.7 Å². The molecule has 0 fully saturated rings. The number of nitrogens with two attached hydrogens (primary N) is 1. The van der Waals surface area contributed by atoms with Gasteiger partial charge in [-0.05, 0) is 13.8 Å². The first-order valence-electron chi connectivity index (χ1n) is 5.43. The maximum Gasteiger partial charge on any atom is 0.204 e. The zero-order valence-electron chi connectivity index (χ0n) is 10.3. The summed E-state index contributed by atoms with van der Waals surface area (Å²) in [4.78, 5) is 10.00. The Morgan fingerprint density at radius 3 is 2.82 bits per heavy atom. The third-order valence-electron chi connectivity index (χ3n) is 2.41. The van der Waals surface area contributed by atoms with Crippen LogP contribution in [0, 0.1) is 17.2 Å². The Morgan fingerprint density at radius 2 is 2.29 bits per heavy atom. The van der Waals surface area contributed by atoms with Gasteiger partial charge in [0.2, 0.25) is 5.75 Å². The molecule has 1 heterocycles. The van der Waals surface area contributed by atoms with E-state index < -0.39 is 0 Å². The number of nitrogens with zero attached hydrogens (tertiary/aromatic N) is 4. The van der Waals surface area contributed by atoms with E-state index in [2.05, 4.69) is 16.0 Å². The second-order valence-corrected chi connectivity index (χ2v) is 3.68. The van der Waals surface area contributed by atoms with Crippen LogP contribution < -0.4 is 15.4 Å². The van der Waals surface area contributed by atoms with Gasteiger partial charge in [0.1, 0.15) is 6.33 Å². The summed E-state index contributed by atoms with van der Waals surface area (Å²) < 4.78 is 5.20. The summed E-state index contributed by atoms with van der Waals surface area (Å²) in [6.07, 6.45) is 1.40. The molecule has 2 N–H and O–H groups in total. The van der Waals surface area contributed by atoms with E-state index in [4.69, 9.17) is 15.7 Å². The monoisotopic (exact) mass is 235 g/mol. The van der Waals surface area contributed by atoms with Crippen molar-refractivity contribution < 1.29 is 4.74 Å². The average molecular weight is 235 g/mol. The Morgan fingerprint density at radius 1 is 1.59 bits per heavy atom. The molecule has 0 aromatic carbocycles. The number of nitriles is 1. The van der Waals surface area contributed by atoms with Crippen molar-refractivity contribution in [3.05, 3.63) is 6.33 Å². The Bertz CT molecular complexity index is 415. The van der Waals surface area contributed by atoms with Crippen molar-refractivity contribution >= 4 is 11.6 Å². The van der Waals surface area contributed by atoms with Gasteiger partial charge in [0.25, 0.3) is 0 Å². The molecule has 0 aliphatic heterocycles. The molecular formula is C11H17N5O. The van der Waals surface area contributed by atoms with E-state index >= 15 is 0 Å². The van der Waals surface area contributed by atoms with Gasteiger partial charge in [-0.1, -0.05) is 0 Å². The topological polar surface area (TPSA) is 88.1 Å². The second-order valence-electron chi connectivity index (χ2n) is 3.68. The fraction of sp³-hybridized carbons (Fsp3) is 0.545. The fourth-order valence-corrected chi connectivity index (χ4v) is 1.54. The van der Waals surface area contributed by atoms with E-state index in [0.29, 0.717) is 23.9 Å². The van der Waals surface area contributed by atoms with Crippen LogP contribution in [0.15, 0.2) is 6.33 Å². The molecule has 0 amide bonds. The van der Waals surface area contributed by atoms with Crippen LogP contribution in [0.1, 0.15) is 13.8 Å². The first-order chi connectivity index (χ1) is 8.13. The van der Waals surface area contributed by atoms with Gasteiger partial charge in [-0.25, -0.2) is 9.97 Å². The molecule has 6 nitrogen and oxygen atoms in total. The number of methoxy groups -OCH3 is 1. The van der Waals surface area contributed by atoms with Gasteiger partial charge in [0.15, 0.2) is 11.6 Å². The quantitative estimate of drug-likeness (QED) is 0.820. The minimum absolute atomic E-state index is 0.0872. The van der Waals surface area contributed by atoms with Crippen LogP contribution in [0.2, 0.25) is 0 Å². The molecule has 0 aliphatic rings. The predicted molar refractivity (Wildman–Crippen MR) is 65.7 cm³/mol. The summed E-state index contributed by atoms with van der Waals surface area (Å²) in [6.45, 7) is 5.15. The molecule has 6 heteroatoms. The number of hydrogen-bond acceptors (Lipinski definition) is 6. The highest BCUT2D eigenvalue weighted by molar-refractivity contribution is 5.62. The van der Waals surface area contributed by atoms with Gasteiger partial charge in [-0.2, -0.15) is 5.26 Å². The smallest absolute Gasteiger partial charge is 0.204 e. The number of nitrogen functional groups attached to an aromatic ring is 1. The Balaban J connectivity index is 3.04. The van der Waals surface area contributed by atoms with Crippen molar-refractivity contribution in [1.82, 2.24) is 9.97 Å². The lowest BCUT2D eigenvalue weighted by Crippen LogP contribution is -2.29. The first-order valence-corrected chi connectivity index (χ1v) is 5.43. The number of rotatable bonds is 5. The lowest BCUT2D eigenvalue weighted by atomic mass is 10.2. The standard InChI is InChI=1S/C11H17N5O/c1-4-16(6-8(2)5-12)11-9(17-3)10(13)14-7-15-11/h7-8H,4,6H2,1-3H3,(H2,13,14,15). The van der Waals surface area contributed by atoms with Crippen LogP contribution in [0.5, 0.6) is 5.75 Å². The molecule has 0 radical (unpaired) electrons. The van der Waals surface area contributed by atoms with Crippen LogP contribution in [0.3, 0.4) is 0 Å². The average Bonchev–Trinajstić information content (AvgIpc) is 2.35. The number of ether oxygens (including phenoxy) is 1. The zero-order valence-corrected chi connectivity index (χ0v) is 10.3. The van der Waals surface area contributed by atoms with E-state index in [1.165, 1.54) is 13.4 Å². The third-order valence-corrected chi connectivity index (χ3v) is 2.41. The Hall–Kier alpha value is -2.03. The maximum atomic E-state index is 8.84. The summed E-state index contributed by atoms with van der Waals surface area (Å²) >= 11 is 0. The summed E-state index contributed by atoms with van der Waals surface area (Å²) in [5.41, 5.74) is 5.72. The summed E-state index contributed by atoms with van der Waals surface area (Å²) in [5, 5.41) is 8.84. The summed E-state index contributed by atoms with van der Waals surface area (Å²) in [7, 11) is 1.53. The molecular weight excluding hydrogens is 218 g/mol. The zero-order chi connectivity index (χ0) is 12.8. The third kappa shape index (κ3) is 2.97. The molecule has 0 saturated carbocycles. The van der Waals surface area contributed by atoms with Gasteiger partial charge in [-0.15, -0.1) is 0 Å².